The minimum atomic E-state index is -4.94. The summed E-state index contributed by atoms with van der Waals surface area (Å²) < 4.78 is 114. The molecule has 1 aliphatic rings. The molecule has 2 atom stereocenters. The molecular weight excluding hydrogens is 592 g/mol. The minimum Gasteiger partial charge on any atom is -0.380 e. The van der Waals surface area contributed by atoms with E-state index in [1.807, 2.05) is 0 Å². The van der Waals surface area contributed by atoms with E-state index >= 15 is 13.2 Å². The lowest BCUT2D eigenvalue weighted by Crippen LogP contribution is -2.34. The maximum absolute atomic E-state index is 15.2. The summed E-state index contributed by atoms with van der Waals surface area (Å²) in [5, 5.41) is 6.41. The molecule has 0 aliphatic heterocycles. The van der Waals surface area contributed by atoms with Gasteiger partial charge in [-0.15, -0.1) is 0 Å². The molecule has 5 rings (SSSR count). The van der Waals surface area contributed by atoms with Crippen LogP contribution in [-0.4, -0.2) is 30.8 Å². The lowest BCUT2D eigenvalue weighted by atomic mass is 9.85. The molecule has 1 aromatic carbocycles. The Balaban J connectivity index is 1.42. The highest BCUT2D eigenvalue weighted by molar-refractivity contribution is 5.87. The molecule has 0 radical (unpaired) electrons. The van der Waals surface area contributed by atoms with Crippen LogP contribution in [0.1, 0.15) is 43.7 Å². The number of hydrogen-bond donors (Lipinski definition) is 2. The van der Waals surface area contributed by atoms with Gasteiger partial charge in [0.25, 0.3) is 17.0 Å². The standard InChI is InChI=1S/C27H22F8N6O2/c1-26(31,32)13-7-36-23(37-8-13)16-6-15-17(28)11-41(25(43)19(15)22(30)21(16)29)10-12-3-2-4-14(5-12)39-18-9-38-40-24(42)20(18)27(33,34)35/h6-9,11-12,14H,2-5,10H2,1H3,(H2,39,40,42)/t12-,14+/m1/s1. The summed E-state index contributed by atoms with van der Waals surface area (Å²) in [6.07, 6.45) is -0.166. The first-order valence-electron chi connectivity index (χ1n) is 13.0. The van der Waals surface area contributed by atoms with Gasteiger partial charge in [-0.3, -0.25) is 9.59 Å². The Bertz CT molecular complexity index is 1800. The summed E-state index contributed by atoms with van der Waals surface area (Å²) in [7, 11) is 0. The van der Waals surface area contributed by atoms with Crippen molar-refractivity contribution in [2.24, 2.45) is 5.92 Å². The number of halogens is 8. The molecule has 1 aliphatic carbocycles. The molecule has 0 saturated heterocycles. The lowest BCUT2D eigenvalue weighted by molar-refractivity contribution is -0.138. The van der Waals surface area contributed by atoms with Crippen molar-refractivity contribution < 1.29 is 35.1 Å². The molecule has 16 heteroatoms. The Morgan fingerprint density at radius 2 is 1.72 bits per heavy atom. The zero-order chi connectivity index (χ0) is 31.3. The average Bonchev–Trinajstić information content (AvgIpc) is 2.92. The largest absolute Gasteiger partial charge is 0.423 e. The topological polar surface area (TPSA) is 106 Å². The first-order chi connectivity index (χ1) is 20.1. The molecule has 4 aromatic rings. The molecule has 2 N–H and O–H groups in total. The van der Waals surface area contributed by atoms with Gasteiger partial charge in [0.15, 0.2) is 17.5 Å². The molecule has 43 heavy (non-hydrogen) atoms. The van der Waals surface area contributed by atoms with Crippen LogP contribution in [0.15, 0.2) is 40.4 Å². The average molecular weight is 614 g/mol. The van der Waals surface area contributed by atoms with Crippen LogP contribution < -0.4 is 16.4 Å². The van der Waals surface area contributed by atoms with Crippen molar-refractivity contribution in [1.29, 1.82) is 0 Å². The van der Waals surface area contributed by atoms with Crippen molar-refractivity contribution in [3.8, 4) is 11.4 Å². The van der Waals surface area contributed by atoms with E-state index in [9.17, 15) is 31.5 Å². The Morgan fingerprint density at radius 1 is 1.02 bits per heavy atom. The zero-order valence-corrected chi connectivity index (χ0v) is 22.2. The fourth-order valence-corrected chi connectivity index (χ4v) is 5.30. The van der Waals surface area contributed by atoms with E-state index in [2.05, 4.69) is 20.4 Å². The molecule has 0 spiro atoms. The number of rotatable bonds is 6. The van der Waals surface area contributed by atoms with Crippen molar-refractivity contribution in [2.75, 3.05) is 5.32 Å². The van der Waals surface area contributed by atoms with E-state index in [-0.39, 0.29) is 18.9 Å². The van der Waals surface area contributed by atoms with E-state index in [1.165, 1.54) is 0 Å². The summed E-state index contributed by atoms with van der Waals surface area (Å²) in [5.74, 6) is -8.50. The smallest absolute Gasteiger partial charge is 0.380 e. The fourth-order valence-electron chi connectivity index (χ4n) is 5.30. The van der Waals surface area contributed by atoms with Crippen LogP contribution in [-0.2, 0) is 18.6 Å². The van der Waals surface area contributed by atoms with Crippen molar-refractivity contribution in [2.45, 2.75) is 57.3 Å². The number of alkyl halides is 5. The molecule has 1 saturated carbocycles. The first-order valence-corrected chi connectivity index (χ1v) is 13.0. The highest BCUT2D eigenvalue weighted by Crippen LogP contribution is 2.35. The van der Waals surface area contributed by atoms with E-state index in [0.29, 0.717) is 26.2 Å². The Morgan fingerprint density at radius 3 is 2.37 bits per heavy atom. The van der Waals surface area contributed by atoms with Crippen LogP contribution in [0.5, 0.6) is 0 Å². The first kappa shape index (κ1) is 30.1. The third-order valence-electron chi connectivity index (χ3n) is 7.34. The lowest BCUT2D eigenvalue weighted by Gasteiger charge is -2.31. The van der Waals surface area contributed by atoms with Gasteiger partial charge >= 0.3 is 6.18 Å². The second-order valence-corrected chi connectivity index (χ2v) is 10.5. The van der Waals surface area contributed by atoms with E-state index in [0.717, 1.165) is 35.4 Å². The summed E-state index contributed by atoms with van der Waals surface area (Å²) in [5.41, 5.74) is -5.62. The number of benzene rings is 1. The van der Waals surface area contributed by atoms with Crippen LogP contribution in [0.25, 0.3) is 22.2 Å². The number of hydrogen-bond acceptors (Lipinski definition) is 6. The molecule has 3 aromatic heterocycles. The van der Waals surface area contributed by atoms with Crippen molar-refractivity contribution >= 4 is 16.5 Å². The number of anilines is 1. The fraction of sp³-hybridized carbons (Fsp3) is 0.370. The second-order valence-electron chi connectivity index (χ2n) is 10.5. The zero-order valence-electron chi connectivity index (χ0n) is 22.2. The predicted molar refractivity (Wildman–Crippen MR) is 138 cm³/mol. The van der Waals surface area contributed by atoms with Gasteiger partial charge in [0, 0.05) is 43.5 Å². The van der Waals surface area contributed by atoms with Crippen LogP contribution in [0.3, 0.4) is 0 Å². The van der Waals surface area contributed by atoms with Crippen LogP contribution in [0.2, 0.25) is 0 Å². The van der Waals surface area contributed by atoms with Gasteiger partial charge in [-0.25, -0.2) is 37.0 Å². The quantitative estimate of drug-likeness (QED) is 0.268. The van der Waals surface area contributed by atoms with Gasteiger partial charge < -0.3 is 9.88 Å². The van der Waals surface area contributed by atoms with Crippen molar-refractivity contribution in [3.05, 3.63) is 80.1 Å². The molecule has 0 bridgehead atoms. The maximum Gasteiger partial charge on any atom is 0.423 e. The minimum absolute atomic E-state index is 0.151. The number of pyridine rings is 1. The number of aromatic amines is 1. The molecular formula is C27H22F8N6O2. The van der Waals surface area contributed by atoms with Gasteiger partial charge in [0.1, 0.15) is 11.4 Å². The van der Waals surface area contributed by atoms with Crippen molar-refractivity contribution in [1.82, 2.24) is 24.7 Å². The third-order valence-corrected chi connectivity index (χ3v) is 7.34. The molecule has 1 fully saturated rings. The summed E-state index contributed by atoms with van der Waals surface area (Å²) in [6, 6.07) is 0.266. The Kier molecular flexibility index (Phi) is 7.73. The molecule has 3 heterocycles. The van der Waals surface area contributed by atoms with Gasteiger partial charge in [0.05, 0.1) is 28.4 Å². The molecule has 8 nitrogen and oxygen atoms in total. The van der Waals surface area contributed by atoms with Gasteiger partial charge in [0.2, 0.25) is 0 Å². The number of fused-ring (bicyclic) bond motifs is 1. The maximum atomic E-state index is 15.2. The van der Waals surface area contributed by atoms with Gasteiger partial charge in [-0.1, -0.05) is 6.42 Å². The van der Waals surface area contributed by atoms with E-state index in [1.54, 1.807) is 5.10 Å². The molecule has 228 valence electrons. The Hall–Kier alpha value is -4.37. The normalized spacial score (nSPS) is 17.8. The van der Waals surface area contributed by atoms with E-state index < -0.39 is 85.7 Å². The molecule has 0 unspecified atom stereocenters. The summed E-state index contributed by atoms with van der Waals surface area (Å²) >= 11 is 0. The Labute approximate surface area is 236 Å². The number of aromatic nitrogens is 5. The van der Waals surface area contributed by atoms with Crippen LogP contribution in [0.4, 0.5) is 40.8 Å². The third kappa shape index (κ3) is 5.95. The van der Waals surface area contributed by atoms with Crippen LogP contribution in [0, 0.1) is 23.4 Å². The predicted octanol–water partition coefficient (Wildman–Crippen LogP) is 5.76. The number of H-pyrrole nitrogens is 1. The number of nitrogens with one attached hydrogen (secondary N) is 2. The monoisotopic (exact) mass is 614 g/mol. The van der Waals surface area contributed by atoms with E-state index in [4.69, 9.17) is 0 Å². The highest BCUT2D eigenvalue weighted by atomic mass is 19.4. The van der Waals surface area contributed by atoms with Gasteiger partial charge in [-0.05, 0) is 31.2 Å². The van der Waals surface area contributed by atoms with Crippen LogP contribution >= 0.6 is 0 Å². The number of nitrogens with zero attached hydrogens (tertiary/aromatic N) is 4. The summed E-state index contributed by atoms with van der Waals surface area (Å²) in [4.78, 5) is 32.2. The highest BCUT2D eigenvalue weighted by Gasteiger charge is 2.38. The molecule has 0 amide bonds. The van der Waals surface area contributed by atoms with Crippen molar-refractivity contribution in [3.63, 3.8) is 0 Å². The summed E-state index contributed by atoms with van der Waals surface area (Å²) in [6.45, 7) is 0.445. The SMILES string of the molecule is CC(F)(F)c1cnc(-c2cc3c(F)cn(C[C@@H]4CCC[C@H](Nc5cn[nH]c(=O)c5C(F)(F)F)C4)c(=O)c3c(F)c2F)nc1. The second kappa shape index (κ2) is 11.0. The van der Waals surface area contributed by atoms with Gasteiger partial charge in [-0.2, -0.15) is 18.3 Å².